The molecule has 0 aliphatic rings. The summed E-state index contributed by atoms with van der Waals surface area (Å²) in [6.07, 6.45) is 3.14. The number of hydrogen-bond donors (Lipinski definition) is 2. The first-order valence-electron chi connectivity index (χ1n) is 11.1. The average molecular weight is 501 g/mol. The Balaban J connectivity index is 1.35. The monoisotopic (exact) mass is 500 g/mol. The fraction of sp³-hybridized carbons (Fsp3) is 0.0370. The molecule has 9 heteroatoms. The molecule has 2 N–H and O–H groups in total. The van der Waals surface area contributed by atoms with Gasteiger partial charge in [-0.3, -0.25) is 4.79 Å². The Morgan fingerprint density at radius 1 is 0.917 bits per heavy atom. The minimum Gasteiger partial charge on any atom is -0.337 e. The molecule has 5 aromatic rings. The molecule has 0 saturated carbocycles. The quantitative estimate of drug-likeness (QED) is 0.246. The van der Waals surface area contributed by atoms with Gasteiger partial charge in [-0.05, 0) is 53.2 Å². The first kappa shape index (κ1) is 23.3. The lowest BCUT2D eigenvalue weighted by Crippen LogP contribution is -2.18. The van der Waals surface area contributed by atoms with Crippen molar-refractivity contribution in [3.63, 3.8) is 0 Å². The Morgan fingerprint density at radius 2 is 1.64 bits per heavy atom. The predicted octanol–water partition coefficient (Wildman–Crippen LogP) is 4.88. The number of benzene rings is 4. The third-order valence-electron chi connectivity index (χ3n) is 5.67. The number of fused-ring (bicyclic) bond motifs is 2. The zero-order valence-corrected chi connectivity index (χ0v) is 19.7. The van der Waals surface area contributed by atoms with Crippen molar-refractivity contribution in [2.24, 2.45) is 5.10 Å². The topological polar surface area (TPSA) is 92.6 Å². The highest BCUT2D eigenvalue weighted by atomic mass is 32.2. The number of anilines is 1. The van der Waals surface area contributed by atoms with E-state index in [0.29, 0.717) is 11.3 Å². The summed E-state index contributed by atoms with van der Waals surface area (Å²) in [5.41, 5.74) is 1.91. The fourth-order valence-corrected chi connectivity index (χ4v) is 4.78. The second-order valence-corrected chi connectivity index (χ2v) is 9.81. The Bertz CT molecular complexity index is 1710. The standard InChI is InChI=1S/C27H21FN4O3S/c28-22-10-12-23(13-11-22)30-27(33)18-32-17-21(25-7-3-4-8-26(25)32)16-29-31-36(34,35)24-14-9-19-5-1-2-6-20(19)15-24/h1-17,31H,18H2,(H,30,33)/b29-16+. The van der Waals surface area contributed by atoms with Crippen LogP contribution in [-0.4, -0.2) is 25.1 Å². The molecule has 36 heavy (non-hydrogen) atoms. The third kappa shape index (κ3) is 4.96. The van der Waals surface area contributed by atoms with E-state index < -0.39 is 10.0 Å². The highest BCUT2D eigenvalue weighted by molar-refractivity contribution is 7.89. The van der Waals surface area contributed by atoms with Gasteiger partial charge in [-0.25, -0.2) is 9.22 Å². The Morgan fingerprint density at radius 3 is 2.44 bits per heavy atom. The molecule has 1 heterocycles. The van der Waals surface area contributed by atoms with Gasteiger partial charge in [0.1, 0.15) is 12.4 Å². The number of hydrogen-bond acceptors (Lipinski definition) is 4. The summed E-state index contributed by atoms with van der Waals surface area (Å²) in [5.74, 6) is -0.674. The largest absolute Gasteiger partial charge is 0.337 e. The van der Waals surface area contributed by atoms with E-state index in [2.05, 4.69) is 15.2 Å². The van der Waals surface area contributed by atoms with Crippen LogP contribution in [0.2, 0.25) is 0 Å². The highest BCUT2D eigenvalue weighted by Gasteiger charge is 2.14. The van der Waals surface area contributed by atoms with Gasteiger partial charge in [0.25, 0.3) is 10.0 Å². The van der Waals surface area contributed by atoms with Gasteiger partial charge in [-0.15, -0.1) is 0 Å². The van der Waals surface area contributed by atoms with Gasteiger partial charge >= 0.3 is 0 Å². The number of carbonyl (C=O) groups is 1. The number of nitrogens with one attached hydrogen (secondary N) is 2. The Kier molecular flexibility index (Phi) is 6.22. The first-order chi connectivity index (χ1) is 17.4. The summed E-state index contributed by atoms with van der Waals surface area (Å²) in [7, 11) is -3.87. The van der Waals surface area contributed by atoms with Crippen LogP contribution < -0.4 is 10.1 Å². The maximum Gasteiger partial charge on any atom is 0.276 e. The van der Waals surface area contributed by atoms with Crippen LogP contribution in [-0.2, 0) is 21.4 Å². The van der Waals surface area contributed by atoms with Crippen molar-refractivity contribution in [3.8, 4) is 0 Å². The molecule has 180 valence electrons. The summed E-state index contributed by atoms with van der Waals surface area (Å²) >= 11 is 0. The lowest BCUT2D eigenvalue weighted by molar-refractivity contribution is -0.116. The Hall–Kier alpha value is -4.50. The fourth-order valence-electron chi connectivity index (χ4n) is 3.95. The maximum absolute atomic E-state index is 13.1. The lowest BCUT2D eigenvalue weighted by Gasteiger charge is -2.07. The van der Waals surface area contributed by atoms with E-state index in [0.717, 1.165) is 21.7 Å². The molecule has 0 saturated heterocycles. The van der Waals surface area contributed by atoms with Crippen LogP contribution in [0, 0.1) is 5.82 Å². The van der Waals surface area contributed by atoms with E-state index in [1.54, 1.807) is 22.9 Å². The molecule has 1 amide bonds. The number of rotatable bonds is 7. The van der Waals surface area contributed by atoms with Crippen LogP contribution in [0.1, 0.15) is 5.56 Å². The molecule has 7 nitrogen and oxygen atoms in total. The van der Waals surface area contributed by atoms with Crippen LogP contribution in [0.4, 0.5) is 10.1 Å². The molecule has 0 bridgehead atoms. The number of hydrazone groups is 1. The van der Waals surface area contributed by atoms with E-state index in [1.807, 2.05) is 48.5 Å². The van der Waals surface area contributed by atoms with Crippen molar-refractivity contribution in [1.82, 2.24) is 9.40 Å². The average Bonchev–Trinajstić information content (AvgIpc) is 3.22. The number of halogens is 1. The zero-order valence-electron chi connectivity index (χ0n) is 18.9. The maximum atomic E-state index is 13.1. The predicted molar refractivity (Wildman–Crippen MR) is 139 cm³/mol. The van der Waals surface area contributed by atoms with Crippen molar-refractivity contribution in [2.45, 2.75) is 11.4 Å². The summed E-state index contributed by atoms with van der Waals surface area (Å²) in [6, 6.07) is 25.3. The molecule has 0 aliphatic carbocycles. The summed E-state index contributed by atoms with van der Waals surface area (Å²) in [6.45, 7) is 0.00848. The second kappa shape index (κ2) is 9.63. The first-order valence-corrected chi connectivity index (χ1v) is 12.5. The third-order valence-corrected chi connectivity index (χ3v) is 6.89. The molecular weight excluding hydrogens is 479 g/mol. The molecule has 5 rings (SSSR count). The van der Waals surface area contributed by atoms with Gasteiger partial charge in [0.05, 0.1) is 11.1 Å². The van der Waals surface area contributed by atoms with Gasteiger partial charge in [0, 0.05) is 28.4 Å². The van der Waals surface area contributed by atoms with Crippen molar-refractivity contribution >= 4 is 49.5 Å². The number of nitrogens with zero attached hydrogens (tertiary/aromatic N) is 2. The highest BCUT2D eigenvalue weighted by Crippen LogP contribution is 2.21. The normalized spacial score (nSPS) is 11.8. The van der Waals surface area contributed by atoms with Crippen LogP contribution in [0.25, 0.3) is 21.7 Å². The van der Waals surface area contributed by atoms with E-state index in [-0.39, 0.29) is 23.2 Å². The van der Waals surface area contributed by atoms with Gasteiger partial charge in [0.15, 0.2) is 0 Å². The smallest absolute Gasteiger partial charge is 0.276 e. The van der Waals surface area contributed by atoms with Gasteiger partial charge < -0.3 is 9.88 Å². The molecule has 0 atom stereocenters. The summed E-state index contributed by atoms with van der Waals surface area (Å²) in [4.78, 5) is 14.9. The van der Waals surface area contributed by atoms with E-state index in [4.69, 9.17) is 0 Å². The van der Waals surface area contributed by atoms with Gasteiger partial charge in [-0.1, -0.05) is 48.5 Å². The van der Waals surface area contributed by atoms with Crippen molar-refractivity contribution < 1.29 is 17.6 Å². The SMILES string of the molecule is O=C(Cn1cc(/C=N/NS(=O)(=O)c2ccc3ccccc3c2)c2ccccc21)Nc1ccc(F)cc1. The molecule has 1 aromatic heterocycles. The lowest BCUT2D eigenvalue weighted by atomic mass is 10.1. The van der Waals surface area contributed by atoms with Crippen LogP contribution in [0.3, 0.4) is 0 Å². The van der Waals surface area contributed by atoms with Gasteiger partial charge in [0.2, 0.25) is 5.91 Å². The second-order valence-electron chi connectivity index (χ2n) is 8.15. The van der Waals surface area contributed by atoms with Crippen molar-refractivity contribution in [2.75, 3.05) is 5.32 Å². The van der Waals surface area contributed by atoms with E-state index >= 15 is 0 Å². The summed E-state index contributed by atoms with van der Waals surface area (Å²) < 4.78 is 40.4. The number of carbonyl (C=O) groups excluding carboxylic acids is 1. The van der Waals surface area contributed by atoms with Crippen molar-refractivity contribution in [1.29, 1.82) is 0 Å². The number of sulfonamides is 1. The molecule has 4 aromatic carbocycles. The summed E-state index contributed by atoms with van der Waals surface area (Å²) in [5, 5.41) is 9.27. The number of amides is 1. The number of aromatic nitrogens is 1. The Labute approximate surface area is 206 Å². The van der Waals surface area contributed by atoms with Crippen molar-refractivity contribution in [3.05, 3.63) is 109 Å². The minimum absolute atomic E-state index is 0.00848. The minimum atomic E-state index is -3.87. The molecule has 0 aliphatic heterocycles. The van der Waals surface area contributed by atoms with E-state index in [1.165, 1.54) is 36.5 Å². The molecule has 0 radical (unpaired) electrons. The van der Waals surface area contributed by atoms with E-state index in [9.17, 15) is 17.6 Å². The molecule has 0 unspecified atom stereocenters. The molecular formula is C27H21FN4O3S. The van der Waals surface area contributed by atoms with Crippen LogP contribution in [0.5, 0.6) is 0 Å². The van der Waals surface area contributed by atoms with Crippen LogP contribution >= 0.6 is 0 Å². The molecule has 0 fully saturated rings. The number of para-hydroxylation sites is 1. The van der Waals surface area contributed by atoms with Gasteiger partial charge in [-0.2, -0.15) is 13.5 Å². The molecule has 0 spiro atoms. The van der Waals surface area contributed by atoms with Crippen LogP contribution in [0.15, 0.2) is 107 Å². The zero-order chi connectivity index (χ0) is 25.1.